The quantitative estimate of drug-likeness (QED) is 0.524. The molecule has 4 fully saturated rings. The largest absolute Gasteiger partial charge is 0.461 e. The van der Waals surface area contributed by atoms with Gasteiger partial charge in [0, 0.05) is 0 Å². The molecule has 0 aliphatic heterocycles. The molecule has 0 unspecified atom stereocenters. The van der Waals surface area contributed by atoms with E-state index in [-0.39, 0.29) is 17.4 Å². The van der Waals surface area contributed by atoms with Gasteiger partial charge in [-0.1, -0.05) is 37.3 Å². The molecular formula is C30H38O4. The van der Waals surface area contributed by atoms with Crippen LogP contribution in [-0.2, 0) is 11.3 Å². The molecular weight excluding hydrogens is 424 g/mol. The zero-order valence-electron chi connectivity index (χ0n) is 20.3. The van der Waals surface area contributed by atoms with Crippen LogP contribution in [0.2, 0.25) is 0 Å². The lowest BCUT2D eigenvalue weighted by atomic mass is 9.49. The number of hydrogen-bond acceptors (Lipinski definition) is 4. The highest BCUT2D eigenvalue weighted by Crippen LogP contribution is 2.66. The van der Waals surface area contributed by atoms with Gasteiger partial charge in [-0.2, -0.15) is 0 Å². The average molecular weight is 463 g/mol. The lowest BCUT2D eigenvalue weighted by molar-refractivity contribution is -0.103. The summed E-state index contributed by atoms with van der Waals surface area (Å²) in [5.41, 5.74) is 2.46. The fourth-order valence-corrected chi connectivity index (χ4v) is 8.94. The Morgan fingerprint density at radius 2 is 1.88 bits per heavy atom. The van der Waals surface area contributed by atoms with E-state index in [1.165, 1.54) is 50.5 Å². The number of carbonyl (C=O) groups excluding carboxylic acids is 1. The fraction of sp³-hybridized carbons (Fsp3) is 0.633. The first-order valence-electron chi connectivity index (χ1n) is 13.4. The number of aliphatic hydroxyl groups is 1. The molecule has 4 saturated carbocycles. The van der Waals surface area contributed by atoms with Crippen LogP contribution in [0.15, 0.2) is 47.1 Å². The minimum absolute atomic E-state index is 0.0907. The number of benzene rings is 1. The van der Waals surface area contributed by atoms with E-state index in [0.717, 1.165) is 42.6 Å². The molecule has 4 heteroatoms. The van der Waals surface area contributed by atoms with Crippen molar-refractivity contribution < 1.29 is 19.1 Å². The Hall–Kier alpha value is -1.91. The maximum Gasteiger partial charge on any atom is 0.185 e. The second-order valence-electron chi connectivity index (χ2n) is 11.9. The van der Waals surface area contributed by atoms with Crippen molar-refractivity contribution in [1.82, 2.24) is 0 Å². The molecule has 9 atom stereocenters. The minimum Gasteiger partial charge on any atom is -0.461 e. The molecule has 0 spiro atoms. The third-order valence-electron chi connectivity index (χ3n) is 10.4. The summed E-state index contributed by atoms with van der Waals surface area (Å²) in [5.74, 6) is 3.98. The van der Waals surface area contributed by atoms with Crippen molar-refractivity contribution in [3.05, 3.63) is 59.5 Å². The van der Waals surface area contributed by atoms with Gasteiger partial charge in [-0.25, -0.2) is 0 Å². The molecule has 0 radical (unpaired) electrons. The third kappa shape index (κ3) is 3.78. The molecule has 1 aromatic carbocycles. The van der Waals surface area contributed by atoms with Crippen LogP contribution in [0.5, 0.6) is 0 Å². The summed E-state index contributed by atoms with van der Waals surface area (Å²) in [6.07, 6.45) is 12.1. The normalized spacial score (nSPS) is 41.4. The van der Waals surface area contributed by atoms with Gasteiger partial charge < -0.3 is 14.3 Å². The van der Waals surface area contributed by atoms with Gasteiger partial charge in [-0.05, 0) is 109 Å². The molecule has 4 aliphatic carbocycles. The van der Waals surface area contributed by atoms with Crippen LogP contribution in [0, 0.1) is 35.0 Å². The van der Waals surface area contributed by atoms with Gasteiger partial charge in [0.05, 0.1) is 25.1 Å². The van der Waals surface area contributed by atoms with Gasteiger partial charge in [0.25, 0.3) is 0 Å². The summed E-state index contributed by atoms with van der Waals surface area (Å²) in [6.45, 7) is 3.13. The Balaban J connectivity index is 1.14. The predicted octanol–water partition coefficient (Wildman–Crippen LogP) is 6.38. The summed E-state index contributed by atoms with van der Waals surface area (Å²) < 4.78 is 11.8. The molecule has 0 saturated heterocycles. The van der Waals surface area contributed by atoms with Crippen LogP contribution in [0.3, 0.4) is 0 Å². The van der Waals surface area contributed by atoms with E-state index in [1.807, 2.05) is 6.07 Å². The van der Waals surface area contributed by atoms with Gasteiger partial charge >= 0.3 is 0 Å². The smallest absolute Gasteiger partial charge is 0.185 e. The molecule has 1 aromatic heterocycles. The molecule has 4 aliphatic rings. The molecule has 0 bridgehead atoms. The summed E-state index contributed by atoms with van der Waals surface area (Å²) in [4.78, 5) is 11.2. The van der Waals surface area contributed by atoms with Crippen LogP contribution >= 0.6 is 0 Å². The monoisotopic (exact) mass is 462 g/mol. The summed E-state index contributed by atoms with van der Waals surface area (Å²) in [5, 5.41) is 11.3. The summed E-state index contributed by atoms with van der Waals surface area (Å²) >= 11 is 0. The van der Waals surface area contributed by atoms with Crippen LogP contribution in [0.4, 0.5) is 0 Å². The number of fused-ring (bicyclic) bond motifs is 5. The van der Waals surface area contributed by atoms with Gasteiger partial charge in [0.2, 0.25) is 0 Å². The predicted molar refractivity (Wildman–Crippen MR) is 130 cm³/mol. The molecule has 1 heterocycles. The van der Waals surface area contributed by atoms with E-state index in [0.29, 0.717) is 23.7 Å². The van der Waals surface area contributed by atoms with Crippen molar-refractivity contribution >= 4 is 6.29 Å². The van der Waals surface area contributed by atoms with Crippen LogP contribution in [-0.4, -0.2) is 23.6 Å². The highest BCUT2D eigenvalue weighted by atomic mass is 16.5. The van der Waals surface area contributed by atoms with Crippen molar-refractivity contribution in [3.8, 4) is 0 Å². The van der Waals surface area contributed by atoms with Crippen LogP contribution in [0.25, 0.3) is 0 Å². The Bertz CT molecular complexity index is 998. The zero-order valence-corrected chi connectivity index (χ0v) is 20.3. The second-order valence-corrected chi connectivity index (χ2v) is 11.9. The summed E-state index contributed by atoms with van der Waals surface area (Å²) in [7, 11) is 0. The van der Waals surface area contributed by atoms with Crippen molar-refractivity contribution in [2.45, 2.75) is 83.0 Å². The van der Waals surface area contributed by atoms with E-state index in [1.54, 1.807) is 6.26 Å². The number of carbonyl (C=O) groups is 1. The molecule has 1 N–H and O–H groups in total. The number of aldehydes is 1. The van der Waals surface area contributed by atoms with Crippen molar-refractivity contribution in [2.24, 2.45) is 35.0 Å². The van der Waals surface area contributed by atoms with Crippen molar-refractivity contribution in [1.29, 1.82) is 0 Å². The first kappa shape index (κ1) is 22.5. The number of rotatable bonds is 5. The molecule has 4 nitrogen and oxygen atoms in total. The van der Waals surface area contributed by atoms with E-state index in [9.17, 15) is 9.90 Å². The first-order valence-corrected chi connectivity index (χ1v) is 13.4. The third-order valence-corrected chi connectivity index (χ3v) is 10.4. The fourth-order valence-electron chi connectivity index (χ4n) is 8.94. The lowest BCUT2D eigenvalue weighted by Crippen LogP contribution is -2.50. The number of ether oxygens (including phenoxy) is 1. The first-order chi connectivity index (χ1) is 16.6. The highest BCUT2D eigenvalue weighted by molar-refractivity contribution is 5.70. The Morgan fingerprint density at radius 1 is 1.06 bits per heavy atom. The number of aliphatic hydroxyl groups excluding tert-OH is 1. The maximum atomic E-state index is 11.3. The molecule has 34 heavy (non-hydrogen) atoms. The standard InChI is InChI=1S/C30H38O4/c1-30-12-11-25-24-10-8-22(33-17-19-5-3-2-4-6-19)13-20(24)7-9-26(25)29(30)28(32)15-27(30)21-14-23(16-31)34-18-21/h2-6,14,16,18,20,22,24-29,32H,7-13,15,17H2,1H3/t20-,22-,24+,25-,26-,27-,28-,29-,30-/m1/s1. The number of furan rings is 1. The van der Waals surface area contributed by atoms with Crippen LogP contribution < -0.4 is 0 Å². The lowest BCUT2D eigenvalue weighted by Gasteiger charge is -2.56. The molecule has 6 rings (SSSR count). The number of hydrogen-bond donors (Lipinski definition) is 1. The maximum absolute atomic E-state index is 11.3. The SMILES string of the molecule is C[C@]12CC[C@H]3[C@@H](CC[C@@H]4C[C@H](OCc5ccccc5)CC[C@@H]43)[C@@H]1[C@H](O)C[C@@H]2c1coc(C=O)c1. The highest BCUT2D eigenvalue weighted by Gasteiger charge is 2.60. The Labute approximate surface area is 203 Å². The zero-order chi connectivity index (χ0) is 23.3. The minimum atomic E-state index is -0.250. The van der Waals surface area contributed by atoms with E-state index in [2.05, 4.69) is 37.3 Å². The van der Waals surface area contributed by atoms with Gasteiger partial charge in [-0.15, -0.1) is 0 Å². The van der Waals surface area contributed by atoms with E-state index in [4.69, 9.17) is 9.15 Å². The summed E-state index contributed by atoms with van der Waals surface area (Å²) in [6, 6.07) is 12.4. The molecule has 2 aromatic rings. The Kier molecular flexibility index (Phi) is 5.93. The second kappa shape index (κ2) is 8.95. The van der Waals surface area contributed by atoms with Gasteiger partial charge in [0.1, 0.15) is 0 Å². The average Bonchev–Trinajstić information content (AvgIpc) is 3.44. The van der Waals surface area contributed by atoms with Crippen LogP contribution in [0.1, 0.15) is 85.9 Å². The van der Waals surface area contributed by atoms with Crippen molar-refractivity contribution in [2.75, 3.05) is 0 Å². The topological polar surface area (TPSA) is 59.7 Å². The Morgan fingerprint density at radius 3 is 2.68 bits per heavy atom. The van der Waals surface area contributed by atoms with Crippen molar-refractivity contribution in [3.63, 3.8) is 0 Å². The van der Waals surface area contributed by atoms with E-state index >= 15 is 0 Å². The molecule has 0 amide bonds. The van der Waals surface area contributed by atoms with Gasteiger partial charge in [-0.3, -0.25) is 4.79 Å². The molecule has 182 valence electrons. The van der Waals surface area contributed by atoms with E-state index < -0.39 is 0 Å². The van der Waals surface area contributed by atoms with Gasteiger partial charge in [0.15, 0.2) is 12.0 Å².